The van der Waals surface area contributed by atoms with Gasteiger partial charge in [0, 0.05) is 12.3 Å². The molecule has 1 rings (SSSR count). The molecular formula is C9H12NO. The minimum Gasteiger partial charge on any atom is -0.489 e. The van der Waals surface area contributed by atoms with Crippen LogP contribution in [0.5, 0.6) is 5.75 Å². The van der Waals surface area contributed by atoms with Crippen molar-refractivity contribution < 1.29 is 4.74 Å². The summed E-state index contributed by atoms with van der Waals surface area (Å²) in [5.41, 5.74) is 0.914. The van der Waals surface area contributed by atoms with Crippen molar-refractivity contribution in [2.75, 3.05) is 0 Å². The Balaban J connectivity index is 2.78. The zero-order chi connectivity index (χ0) is 8.27. The van der Waals surface area contributed by atoms with Gasteiger partial charge in [-0.2, -0.15) is 0 Å². The van der Waals surface area contributed by atoms with Gasteiger partial charge in [-0.3, -0.25) is 4.98 Å². The summed E-state index contributed by atoms with van der Waals surface area (Å²) >= 11 is 0. The number of rotatable bonds is 2. The topological polar surface area (TPSA) is 22.1 Å². The normalized spacial score (nSPS) is 10.2. The molecule has 0 saturated heterocycles. The average molecular weight is 150 g/mol. The molecule has 0 aliphatic carbocycles. The van der Waals surface area contributed by atoms with Gasteiger partial charge in [0.15, 0.2) is 0 Å². The molecule has 1 aromatic rings. The number of nitrogens with zero attached hydrogens (tertiary/aromatic N) is 1. The molecule has 1 aromatic heterocycles. The first kappa shape index (κ1) is 8.05. The third-order valence-electron chi connectivity index (χ3n) is 1.27. The number of pyridine rings is 1. The fourth-order valence-electron chi connectivity index (χ4n) is 0.788. The average Bonchev–Trinajstić information content (AvgIpc) is 1.93. The van der Waals surface area contributed by atoms with Gasteiger partial charge in [-0.15, -0.1) is 0 Å². The maximum Gasteiger partial charge on any atom is 0.141 e. The first-order chi connectivity index (χ1) is 5.20. The van der Waals surface area contributed by atoms with Crippen LogP contribution in [-0.4, -0.2) is 11.1 Å². The molecule has 2 heteroatoms. The number of hydrogen-bond donors (Lipinski definition) is 0. The highest BCUT2D eigenvalue weighted by atomic mass is 16.5. The maximum absolute atomic E-state index is 5.45. The third-order valence-corrected chi connectivity index (χ3v) is 1.27. The van der Waals surface area contributed by atoms with Crippen molar-refractivity contribution in [2.45, 2.75) is 26.9 Å². The summed E-state index contributed by atoms with van der Waals surface area (Å²) in [5.74, 6) is 0.822. The second-order valence-corrected chi connectivity index (χ2v) is 2.69. The highest BCUT2D eigenvalue weighted by molar-refractivity contribution is 5.24. The Bertz CT molecular complexity index is 233. The van der Waals surface area contributed by atoms with Crippen LogP contribution in [0.2, 0.25) is 0 Å². The van der Waals surface area contributed by atoms with Crippen LogP contribution in [0.3, 0.4) is 0 Å². The van der Waals surface area contributed by atoms with E-state index in [0.29, 0.717) is 0 Å². The Morgan fingerprint density at radius 2 is 2.27 bits per heavy atom. The van der Waals surface area contributed by atoms with Crippen LogP contribution in [0.1, 0.15) is 19.5 Å². The van der Waals surface area contributed by atoms with Gasteiger partial charge >= 0.3 is 0 Å². The Morgan fingerprint density at radius 1 is 1.55 bits per heavy atom. The zero-order valence-electron chi connectivity index (χ0n) is 7.09. The highest BCUT2D eigenvalue weighted by Crippen LogP contribution is 2.14. The van der Waals surface area contributed by atoms with Crippen LogP contribution in [0.4, 0.5) is 0 Å². The van der Waals surface area contributed by atoms with E-state index in [2.05, 4.69) is 11.1 Å². The molecule has 0 spiro atoms. The molecule has 0 bridgehead atoms. The van der Waals surface area contributed by atoms with Crippen LogP contribution in [0.25, 0.3) is 0 Å². The lowest BCUT2D eigenvalue weighted by Gasteiger charge is -2.10. The monoisotopic (exact) mass is 150 g/mol. The van der Waals surface area contributed by atoms with E-state index in [-0.39, 0.29) is 6.10 Å². The predicted molar refractivity (Wildman–Crippen MR) is 43.6 cm³/mol. The molecule has 0 atom stereocenters. The fourth-order valence-corrected chi connectivity index (χ4v) is 0.788. The maximum atomic E-state index is 5.45. The van der Waals surface area contributed by atoms with Crippen LogP contribution < -0.4 is 4.74 Å². The molecule has 0 fully saturated rings. The molecule has 1 radical (unpaired) electrons. The van der Waals surface area contributed by atoms with Crippen LogP contribution >= 0.6 is 0 Å². The van der Waals surface area contributed by atoms with E-state index in [9.17, 15) is 0 Å². The van der Waals surface area contributed by atoms with Gasteiger partial charge in [-0.1, -0.05) is 0 Å². The largest absolute Gasteiger partial charge is 0.489 e. The molecule has 0 amide bonds. The van der Waals surface area contributed by atoms with E-state index in [0.717, 1.165) is 11.4 Å². The van der Waals surface area contributed by atoms with E-state index in [4.69, 9.17) is 4.74 Å². The Hall–Kier alpha value is -1.05. The zero-order valence-corrected chi connectivity index (χ0v) is 7.09. The van der Waals surface area contributed by atoms with E-state index < -0.39 is 0 Å². The smallest absolute Gasteiger partial charge is 0.141 e. The Morgan fingerprint density at radius 3 is 2.82 bits per heavy atom. The SMILES string of the molecule is Cc1nc[c]cc1OC(C)C. The van der Waals surface area contributed by atoms with E-state index >= 15 is 0 Å². The van der Waals surface area contributed by atoms with Gasteiger partial charge in [-0.25, -0.2) is 0 Å². The summed E-state index contributed by atoms with van der Waals surface area (Å²) in [7, 11) is 0. The summed E-state index contributed by atoms with van der Waals surface area (Å²) in [6, 6.07) is 4.68. The summed E-state index contributed by atoms with van der Waals surface area (Å²) < 4.78 is 5.45. The van der Waals surface area contributed by atoms with Crippen LogP contribution in [0.15, 0.2) is 12.3 Å². The van der Waals surface area contributed by atoms with Crippen molar-refractivity contribution in [3.63, 3.8) is 0 Å². The van der Waals surface area contributed by atoms with E-state index in [1.165, 1.54) is 0 Å². The Kier molecular flexibility index (Phi) is 2.47. The van der Waals surface area contributed by atoms with Crippen molar-refractivity contribution in [1.82, 2.24) is 4.98 Å². The van der Waals surface area contributed by atoms with Crippen molar-refractivity contribution in [3.8, 4) is 5.75 Å². The van der Waals surface area contributed by atoms with Crippen molar-refractivity contribution >= 4 is 0 Å². The van der Waals surface area contributed by atoms with Crippen LogP contribution in [-0.2, 0) is 0 Å². The van der Waals surface area contributed by atoms with Gasteiger partial charge in [0.1, 0.15) is 5.75 Å². The first-order valence-electron chi connectivity index (χ1n) is 3.69. The van der Waals surface area contributed by atoms with E-state index in [1.807, 2.05) is 26.8 Å². The lowest BCUT2D eigenvalue weighted by molar-refractivity contribution is 0.239. The second kappa shape index (κ2) is 3.37. The van der Waals surface area contributed by atoms with Crippen molar-refractivity contribution in [2.24, 2.45) is 0 Å². The van der Waals surface area contributed by atoms with Crippen molar-refractivity contribution in [1.29, 1.82) is 0 Å². The molecule has 0 aromatic carbocycles. The lowest BCUT2D eigenvalue weighted by Crippen LogP contribution is -2.06. The highest BCUT2D eigenvalue weighted by Gasteiger charge is 2.00. The lowest BCUT2D eigenvalue weighted by atomic mass is 10.3. The number of aromatic nitrogens is 1. The Labute approximate surface area is 67.2 Å². The van der Waals surface area contributed by atoms with Gasteiger partial charge in [0.25, 0.3) is 0 Å². The van der Waals surface area contributed by atoms with Gasteiger partial charge in [0.2, 0.25) is 0 Å². The fraction of sp³-hybridized carbons (Fsp3) is 0.444. The molecule has 2 nitrogen and oxygen atoms in total. The molecule has 11 heavy (non-hydrogen) atoms. The molecule has 0 unspecified atom stereocenters. The molecule has 0 N–H and O–H groups in total. The summed E-state index contributed by atoms with van der Waals surface area (Å²) in [6.45, 7) is 5.91. The summed E-state index contributed by atoms with van der Waals surface area (Å²) in [4.78, 5) is 4.05. The minimum atomic E-state index is 0.200. The van der Waals surface area contributed by atoms with Crippen LogP contribution in [0, 0.1) is 13.0 Å². The minimum absolute atomic E-state index is 0.200. The molecule has 0 saturated carbocycles. The summed E-state index contributed by atoms with van der Waals surface area (Å²) in [5, 5.41) is 0. The van der Waals surface area contributed by atoms with Crippen molar-refractivity contribution in [3.05, 3.63) is 24.0 Å². The predicted octanol–water partition coefficient (Wildman–Crippen LogP) is 1.98. The summed E-state index contributed by atoms with van der Waals surface area (Å²) in [6.07, 6.45) is 1.84. The van der Waals surface area contributed by atoms with Gasteiger partial charge < -0.3 is 4.74 Å². The molecule has 0 aliphatic rings. The molecular weight excluding hydrogens is 138 g/mol. The van der Waals surface area contributed by atoms with E-state index in [1.54, 1.807) is 6.20 Å². The standard InChI is InChI=1S/C9H12NO/c1-7(2)11-9-5-4-6-10-8(9)3/h5-7H,1-3H3. The van der Waals surface area contributed by atoms with Gasteiger partial charge in [-0.05, 0) is 26.8 Å². The molecule has 0 aliphatic heterocycles. The number of ether oxygens (including phenoxy) is 1. The molecule has 59 valence electrons. The number of hydrogen-bond acceptors (Lipinski definition) is 2. The number of aryl methyl sites for hydroxylation is 1. The quantitative estimate of drug-likeness (QED) is 0.643. The second-order valence-electron chi connectivity index (χ2n) is 2.69. The molecule has 1 heterocycles. The first-order valence-corrected chi connectivity index (χ1v) is 3.69. The third kappa shape index (κ3) is 2.22. The van der Waals surface area contributed by atoms with Gasteiger partial charge in [0.05, 0.1) is 11.8 Å².